The van der Waals surface area contributed by atoms with Crippen molar-refractivity contribution >= 4 is 16.6 Å². The molecule has 2 aromatic carbocycles. The molecule has 0 radical (unpaired) electrons. The van der Waals surface area contributed by atoms with Crippen LogP contribution in [0.4, 0.5) is 0 Å². The van der Waals surface area contributed by atoms with E-state index in [0.717, 1.165) is 22.8 Å². The Morgan fingerprint density at radius 2 is 1.71 bits per heavy atom. The van der Waals surface area contributed by atoms with Gasteiger partial charge < -0.3 is 0 Å². The number of nitrogens with zero attached hydrogens (tertiary/aromatic N) is 1. The summed E-state index contributed by atoms with van der Waals surface area (Å²) >= 11 is 0. The summed E-state index contributed by atoms with van der Waals surface area (Å²) in [5.74, 6) is 0.714. The Labute approximate surface area is 123 Å². The molecule has 4 rings (SSSR count). The van der Waals surface area contributed by atoms with Crippen molar-refractivity contribution in [3.63, 3.8) is 0 Å². The fourth-order valence-electron chi connectivity index (χ4n) is 3.07. The fraction of sp³-hybridized carbons (Fsp3) is 0.158. The maximum atomic E-state index is 12.8. The molecule has 2 atom stereocenters. The van der Waals surface area contributed by atoms with Crippen LogP contribution >= 0.6 is 0 Å². The number of fused-ring (bicyclic) bond motifs is 1. The Morgan fingerprint density at radius 3 is 2.57 bits per heavy atom. The molecule has 0 spiro atoms. The van der Waals surface area contributed by atoms with Gasteiger partial charge in [0.25, 0.3) is 0 Å². The molecule has 1 aromatic heterocycles. The number of carbonyl (C=O) groups excluding carboxylic acids is 1. The molecule has 1 saturated carbocycles. The number of benzene rings is 2. The lowest BCUT2D eigenvalue weighted by atomic mass is 10.00. The molecule has 2 heteroatoms. The average Bonchev–Trinajstić information content (AvgIpc) is 3.35. The van der Waals surface area contributed by atoms with Gasteiger partial charge in [0, 0.05) is 29.3 Å². The summed E-state index contributed by atoms with van der Waals surface area (Å²) in [7, 11) is 0. The summed E-state index contributed by atoms with van der Waals surface area (Å²) in [6.07, 6.45) is 4.48. The Kier molecular flexibility index (Phi) is 2.81. The molecule has 1 heterocycles. The minimum absolute atomic E-state index is 0.111. The molecule has 2 unspecified atom stereocenters. The van der Waals surface area contributed by atoms with Crippen LogP contribution in [0.15, 0.2) is 67.0 Å². The summed E-state index contributed by atoms with van der Waals surface area (Å²) < 4.78 is 0. The Morgan fingerprint density at radius 1 is 0.952 bits per heavy atom. The minimum atomic E-state index is 0.111. The van der Waals surface area contributed by atoms with Gasteiger partial charge in [0.1, 0.15) is 0 Å². The normalized spacial score (nSPS) is 20.4. The van der Waals surface area contributed by atoms with Crippen LogP contribution in [0.1, 0.15) is 28.3 Å². The van der Waals surface area contributed by atoms with Crippen LogP contribution in [0, 0.1) is 5.92 Å². The van der Waals surface area contributed by atoms with E-state index in [9.17, 15) is 4.79 Å². The lowest BCUT2D eigenvalue weighted by molar-refractivity contribution is 0.0966. The highest BCUT2D eigenvalue weighted by atomic mass is 16.1. The molecule has 0 bridgehead atoms. The molecule has 1 aliphatic carbocycles. The fourth-order valence-corrected chi connectivity index (χ4v) is 3.07. The minimum Gasteiger partial charge on any atom is -0.294 e. The second kappa shape index (κ2) is 4.81. The Hall–Kier alpha value is -2.48. The summed E-state index contributed by atoms with van der Waals surface area (Å²) in [5.41, 5.74) is 2.03. The predicted octanol–water partition coefficient (Wildman–Crippen LogP) is 4.22. The van der Waals surface area contributed by atoms with Crippen LogP contribution in [0.3, 0.4) is 0 Å². The highest BCUT2D eigenvalue weighted by Gasteiger charge is 2.44. The predicted molar refractivity (Wildman–Crippen MR) is 83.4 cm³/mol. The third kappa shape index (κ3) is 2.13. The highest BCUT2D eigenvalue weighted by molar-refractivity contribution is 6.10. The zero-order valence-electron chi connectivity index (χ0n) is 11.6. The van der Waals surface area contributed by atoms with Gasteiger partial charge in [0.05, 0.1) is 0 Å². The number of pyridine rings is 1. The maximum absolute atomic E-state index is 12.8. The molecule has 2 nitrogen and oxygen atoms in total. The number of ketones is 1. The third-order valence-corrected chi connectivity index (χ3v) is 4.29. The number of hydrogen-bond donors (Lipinski definition) is 0. The molecule has 1 aliphatic rings. The molecular formula is C19H15NO. The van der Waals surface area contributed by atoms with Gasteiger partial charge in [-0.2, -0.15) is 0 Å². The number of carbonyl (C=O) groups is 1. The van der Waals surface area contributed by atoms with Gasteiger partial charge in [0.2, 0.25) is 0 Å². The second-order valence-corrected chi connectivity index (χ2v) is 5.63. The van der Waals surface area contributed by atoms with Crippen molar-refractivity contribution in [1.29, 1.82) is 0 Å². The molecule has 0 aliphatic heterocycles. The van der Waals surface area contributed by atoms with E-state index in [1.165, 1.54) is 5.56 Å². The van der Waals surface area contributed by atoms with Crippen molar-refractivity contribution in [2.24, 2.45) is 5.92 Å². The van der Waals surface area contributed by atoms with E-state index in [1.807, 2.05) is 48.7 Å². The standard InChI is InChI=1S/C19H15NO/c21-19(17-10-16(17)13-6-2-1-3-7-13)18-12-20-11-14-8-4-5-9-15(14)18/h1-9,11-12,16-17H,10H2. The number of rotatable bonds is 3. The Bertz CT molecular complexity index is 805. The zero-order valence-corrected chi connectivity index (χ0v) is 11.6. The van der Waals surface area contributed by atoms with Crippen molar-refractivity contribution in [1.82, 2.24) is 4.98 Å². The maximum Gasteiger partial charge on any atom is 0.168 e. The quantitative estimate of drug-likeness (QED) is 0.669. The van der Waals surface area contributed by atoms with E-state index < -0.39 is 0 Å². The van der Waals surface area contributed by atoms with Crippen LogP contribution in [0.2, 0.25) is 0 Å². The van der Waals surface area contributed by atoms with Gasteiger partial charge in [-0.05, 0) is 23.3 Å². The van der Waals surface area contributed by atoms with Gasteiger partial charge in [0.15, 0.2) is 5.78 Å². The lowest BCUT2D eigenvalue weighted by Crippen LogP contribution is -2.04. The first-order chi connectivity index (χ1) is 10.3. The van der Waals surface area contributed by atoms with E-state index in [-0.39, 0.29) is 11.7 Å². The van der Waals surface area contributed by atoms with Gasteiger partial charge in [-0.1, -0.05) is 54.6 Å². The third-order valence-electron chi connectivity index (χ3n) is 4.29. The lowest BCUT2D eigenvalue weighted by Gasteiger charge is -2.05. The summed E-state index contributed by atoms with van der Waals surface area (Å²) in [5, 5.41) is 2.04. The van der Waals surface area contributed by atoms with Gasteiger partial charge in [-0.25, -0.2) is 0 Å². The van der Waals surface area contributed by atoms with Gasteiger partial charge in [-0.15, -0.1) is 0 Å². The van der Waals surface area contributed by atoms with Crippen molar-refractivity contribution in [2.75, 3.05) is 0 Å². The van der Waals surface area contributed by atoms with Crippen LogP contribution in [0.25, 0.3) is 10.8 Å². The zero-order chi connectivity index (χ0) is 14.2. The average molecular weight is 273 g/mol. The van der Waals surface area contributed by atoms with Crippen molar-refractivity contribution in [2.45, 2.75) is 12.3 Å². The number of hydrogen-bond acceptors (Lipinski definition) is 2. The van der Waals surface area contributed by atoms with Crippen LogP contribution in [-0.4, -0.2) is 10.8 Å². The molecule has 1 fully saturated rings. The molecule has 0 N–H and O–H groups in total. The van der Waals surface area contributed by atoms with Crippen molar-refractivity contribution in [3.05, 3.63) is 78.1 Å². The molecule has 21 heavy (non-hydrogen) atoms. The summed E-state index contributed by atoms with van der Waals surface area (Å²) in [6, 6.07) is 18.3. The monoisotopic (exact) mass is 273 g/mol. The SMILES string of the molecule is O=C(c1cncc2ccccc12)C1CC1c1ccccc1. The second-order valence-electron chi connectivity index (χ2n) is 5.63. The van der Waals surface area contributed by atoms with E-state index in [2.05, 4.69) is 17.1 Å². The summed E-state index contributed by atoms with van der Waals surface area (Å²) in [6.45, 7) is 0. The van der Waals surface area contributed by atoms with Crippen LogP contribution < -0.4 is 0 Å². The van der Waals surface area contributed by atoms with Gasteiger partial charge in [-0.3, -0.25) is 9.78 Å². The van der Waals surface area contributed by atoms with Crippen molar-refractivity contribution in [3.8, 4) is 0 Å². The first kappa shape index (κ1) is 12.3. The molecular weight excluding hydrogens is 258 g/mol. The smallest absolute Gasteiger partial charge is 0.168 e. The van der Waals surface area contributed by atoms with E-state index >= 15 is 0 Å². The first-order valence-corrected chi connectivity index (χ1v) is 7.26. The number of aromatic nitrogens is 1. The Balaban J connectivity index is 1.67. The van der Waals surface area contributed by atoms with E-state index in [0.29, 0.717) is 5.92 Å². The van der Waals surface area contributed by atoms with E-state index in [1.54, 1.807) is 6.20 Å². The van der Waals surface area contributed by atoms with Gasteiger partial charge >= 0.3 is 0 Å². The molecule has 102 valence electrons. The summed E-state index contributed by atoms with van der Waals surface area (Å²) in [4.78, 5) is 17.0. The highest BCUT2D eigenvalue weighted by Crippen LogP contribution is 2.49. The van der Waals surface area contributed by atoms with Crippen molar-refractivity contribution < 1.29 is 4.79 Å². The molecule has 0 amide bonds. The van der Waals surface area contributed by atoms with Crippen LogP contribution in [-0.2, 0) is 0 Å². The number of Topliss-reactive ketones (excluding diaryl/α,β-unsaturated/α-hetero) is 1. The first-order valence-electron chi connectivity index (χ1n) is 7.26. The topological polar surface area (TPSA) is 30.0 Å². The molecule has 0 saturated heterocycles. The largest absolute Gasteiger partial charge is 0.294 e. The van der Waals surface area contributed by atoms with E-state index in [4.69, 9.17) is 0 Å². The molecule has 3 aromatic rings. The van der Waals surface area contributed by atoms with Crippen LogP contribution in [0.5, 0.6) is 0 Å².